The van der Waals surface area contributed by atoms with Crippen molar-refractivity contribution in [3.05, 3.63) is 50.8 Å². The van der Waals surface area contributed by atoms with E-state index in [1.165, 1.54) is 19.1 Å². The minimum Gasteiger partial charge on any atom is -0.478 e. The predicted molar refractivity (Wildman–Crippen MR) is 71.9 cm³/mol. The normalized spacial score (nSPS) is 10.2. The van der Waals surface area contributed by atoms with Crippen LogP contribution in [0.25, 0.3) is 0 Å². The van der Waals surface area contributed by atoms with Gasteiger partial charge in [-0.1, -0.05) is 11.6 Å². The van der Waals surface area contributed by atoms with Gasteiger partial charge in [0.15, 0.2) is 5.75 Å². The quantitative estimate of drug-likeness (QED) is 0.681. The van der Waals surface area contributed by atoms with E-state index in [0.717, 1.165) is 12.3 Å². The molecule has 0 aliphatic rings. The molecule has 0 bridgehead atoms. The number of halogens is 1. The van der Waals surface area contributed by atoms with Crippen LogP contribution in [0.15, 0.2) is 24.4 Å². The molecule has 0 saturated carbocycles. The van der Waals surface area contributed by atoms with Crippen LogP contribution in [0.1, 0.15) is 16.1 Å². The number of aromatic carboxylic acids is 1. The van der Waals surface area contributed by atoms with Gasteiger partial charge in [0, 0.05) is 12.3 Å². The van der Waals surface area contributed by atoms with E-state index in [0.29, 0.717) is 0 Å². The maximum atomic E-state index is 10.8. The van der Waals surface area contributed by atoms with E-state index in [1.54, 1.807) is 0 Å². The minimum absolute atomic E-state index is 0.00772. The van der Waals surface area contributed by atoms with Gasteiger partial charge in [-0.25, -0.2) is 9.78 Å². The fourth-order valence-electron chi connectivity index (χ4n) is 1.49. The van der Waals surface area contributed by atoms with Crippen molar-refractivity contribution in [1.82, 2.24) is 9.97 Å². The van der Waals surface area contributed by atoms with Crippen LogP contribution in [-0.4, -0.2) is 26.0 Å². The van der Waals surface area contributed by atoms with Crippen molar-refractivity contribution in [2.24, 2.45) is 0 Å². The molecule has 0 aliphatic carbocycles. The second-order valence-electron chi connectivity index (χ2n) is 3.93. The van der Waals surface area contributed by atoms with E-state index < -0.39 is 10.9 Å². The summed E-state index contributed by atoms with van der Waals surface area (Å²) in [5.74, 6) is -1.15. The van der Waals surface area contributed by atoms with E-state index in [9.17, 15) is 14.9 Å². The molecule has 0 saturated heterocycles. The van der Waals surface area contributed by atoms with Crippen LogP contribution >= 0.6 is 11.6 Å². The molecule has 0 atom stereocenters. The first kappa shape index (κ1) is 14.7. The van der Waals surface area contributed by atoms with Crippen molar-refractivity contribution in [3.8, 4) is 11.8 Å². The van der Waals surface area contributed by atoms with E-state index >= 15 is 0 Å². The summed E-state index contributed by atoms with van der Waals surface area (Å²) in [4.78, 5) is 28.5. The number of carboxylic acids is 1. The Morgan fingerprint density at radius 2 is 2.19 bits per heavy atom. The Labute approximate surface area is 123 Å². The lowest BCUT2D eigenvalue weighted by Crippen LogP contribution is -2.04. The molecule has 21 heavy (non-hydrogen) atoms. The van der Waals surface area contributed by atoms with E-state index in [-0.39, 0.29) is 33.7 Å². The Morgan fingerprint density at radius 1 is 1.48 bits per heavy atom. The highest BCUT2D eigenvalue weighted by Gasteiger charge is 2.15. The molecule has 108 valence electrons. The number of aromatic nitrogens is 2. The first-order valence-corrected chi connectivity index (χ1v) is 5.95. The Kier molecular flexibility index (Phi) is 3.99. The zero-order valence-electron chi connectivity index (χ0n) is 10.6. The molecule has 0 radical (unpaired) electrons. The maximum absolute atomic E-state index is 10.8. The van der Waals surface area contributed by atoms with Crippen LogP contribution in [-0.2, 0) is 0 Å². The lowest BCUT2D eigenvalue weighted by molar-refractivity contribution is -0.384. The van der Waals surface area contributed by atoms with E-state index in [2.05, 4.69) is 9.97 Å². The fourth-order valence-corrected chi connectivity index (χ4v) is 1.64. The number of hydrogen-bond acceptors (Lipinski definition) is 6. The first-order chi connectivity index (χ1) is 9.88. The van der Waals surface area contributed by atoms with E-state index in [1.807, 2.05) is 0 Å². The second kappa shape index (κ2) is 5.71. The highest BCUT2D eigenvalue weighted by molar-refractivity contribution is 6.32. The summed E-state index contributed by atoms with van der Waals surface area (Å²) in [5, 5.41) is 19.7. The van der Waals surface area contributed by atoms with Crippen LogP contribution in [0.3, 0.4) is 0 Å². The average Bonchev–Trinajstić information content (AvgIpc) is 2.40. The van der Waals surface area contributed by atoms with Crippen molar-refractivity contribution in [1.29, 1.82) is 0 Å². The summed E-state index contributed by atoms with van der Waals surface area (Å²) >= 11 is 5.88. The third-order valence-electron chi connectivity index (χ3n) is 2.51. The summed E-state index contributed by atoms with van der Waals surface area (Å²) in [6, 6.07) is 3.52. The molecular formula is C12H8ClN3O5. The third kappa shape index (κ3) is 3.23. The molecule has 1 heterocycles. The van der Waals surface area contributed by atoms with Crippen LogP contribution in [0, 0.1) is 17.0 Å². The van der Waals surface area contributed by atoms with Gasteiger partial charge in [0.1, 0.15) is 0 Å². The number of carbonyl (C=O) groups is 1. The molecule has 2 aromatic rings. The van der Waals surface area contributed by atoms with Gasteiger partial charge >= 0.3 is 12.0 Å². The number of nitrogens with zero attached hydrogens (tertiary/aromatic N) is 3. The number of non-ortho nitro benzene ring substituents is 1. The number of carboxylic acid groups (broad SMARTS) is 1. The Morgan fingerprint density at radius 3 is 2.76 bits per heavy atom. The summed E-state index contributed by atoms with van der Waals surface area (Å²) in [6.45, 7) is 1.48. The minimum atomic E-state index is -1.16. The number of nitro groups is 1. The molecule has 0 aliphatic heterocycles. The second-order valence-corrected chi connectivity index (χ2v) is 4.34. The van der Waals surface area contributed by atoms with Crippen molar-refractivity contribution in [3.63, 3.8) is 0 Å². The lowest BCUT2D eigenvalue weighted by atomic mass is 10.2. The predicted octanol–water partition coefficient (Wildman–Crippen LogP) is 2.84. The maximum Gasteiger partial charge on any atom is 0.339 e. The summed E-state index contributed by atoms with van der Waals surface area (Å²) in [6.07, 6.45) is 1.09. The van der Waals surface area contributed by atoms with Crippen molar-refractivity contribution < 1.29 is 19.6 Å². The van der Waals surface area contributed by atoms with Crippen molar-refractivity contribution >= 4 is 23.3 Å². The molecule has 9 heteroatoms. The highest BCUT2D eigenvalue weighted by Crippen LogP contribution is 2.31. The zero-order chi connectivity index (χ0) is 15.6. The lowest BCUT2D eigenvalue weighted by Gasteiger charge is -2.07. The highest BCUT2D eigenvalue weighted by atomic mass is 35.5. The smallest absolute Gasteiger partial charge is 0.339 e. The van der Waals surface area contributed by atoms with Gasteiger partial charge in [0.25, 0.3) is 5.69 Å². The summed E-state index contributed by atoms with van der Waals surface area (Å²) in [7, 11) is 0. The Hall–Kier alpha value is -2.74. The van der Waals surface area contributed by atoms with Gasteiger partial charge in [-0.15, -0.1) is 0 Å². The number of rotatable bonds is 4. The first-order valence-electron chi connectivity index (χ1n) is 5.57. The topological polar surface area (TPSA) is 115 Å². The number of ether oxygens (including phenoxy) is 1. The van der Waals surface area contributed by atoms with Crippen molar-refractivity contribution in [2.75, 3.05) is 0 Å². The van der Waals surface area contributed by atoms with Crippen LogP contribution < -0.4 is 4.74 Å². The summed E-state index contributed by atoms with van der Waals surface area (Å²) in [5.41, 5.74) is -0.0604. The van der Waals surface area contributed by atoms with Gasteiger partial charge in [-0.2, -0.15) is 4.98 Å². The zero-order valence-corrected chi connectivity index (χ0v) is 11.4. The SMILES string of the molecule is Cc1nc(Oc2cc([N+](=O)[O-])ccc2Cl)ncc1C(=O)O. The van der Waals surface area contributed by atoms with Gasteiger partial charge in [0.2, 0.25) is 0 Å². The monoisotopic (exact) mass is 309 g/mol. The number of nitro benzene ring substituents is 1. The molecule has 1 aromatic carbocycles. The van der Waals surface area contributed by atoms with E-state index in [4.69, 9.17) is 21.4 Å². The molecule has 2 rings (SSSR count). The van der Waals surface area contributed by atoms with Gasteiger partial charge in [-0.3, -0.25) is 10.1 Å². The van der Waals surface area contributed by atoms with Crippen LogP contribution in [0.2, 0.25) is 5.02 Å². The van der Waals surface area contributed by atoms with Gasteiger partial charge in [-0.05, 0) is 13.0 Å². The molecule has 1 aromatic heterocycles. The standard InChI is InChI=1S/C12H8ClN3O5/c1-6-8(11(17)18)5-14-12(15-6)21-10-4-7(16(19)20)2-3-9(10)13/h2-5H,1H3,(H,17,18). The molecular weight excluding hydrogens is 302 g/mol. The number of aryl methyl sites for hydroxylation is 1. The molecule has 0 fully saturated rings. The van der Waals surface area contributed by atoms with Crippen molar-refractivity contribution in [2.45, 2.75) is 6.92 Å². The molecule has 0 amide bonds. The number of benzene rings is 1. The van der Waals surface area contributed by atoms with Crippen LogP contribution in [0.4, 0.5) is 5.69 Å². The molecule has 0 spiro atoms. The van der Waals surface area contributed by atoms with Gasteiger partial charge in [0.05, 0.1) is 27.3 Å². The molecule has 1 N–H and O–H groups in total. The number of hydrogen-bond donors (Lipinski definition) is 1. The Balaban J connectivity index is 2.34. The van der Waals surface area contributed by atoms with Gasteiger partial charge < -0.3 is 9.84 Å². The fraction of sp³-hybridized carbons (Fsp3) is 0.0833. The molecule has 0 unspecified atom stereocenters. The molecule has 8 nitrogen and oxygen atoms in total. The largest absolute Gasteiger partial charge is 0.478 e. The average molecular weight is 310 g/mol. The van der Waals surface area contributed by atoms with Crippen LogP contribution in [0.5, 0.6) is 11.8 Å². The Bertz CT molecular complexity index is 735. The third-order valence-corrected chi connectivity index (χ3v) is 2.83. The summed E-state index contributed by atoms with van der Waals surface area (Å²) < 4.78 is 5.26.